The molecule has 0 radical (unpaired) electrons. The Morgan fingerprint density at radius 3 is 2.14 bits per heavy atom. The topological polar surface area (TPSA) is 138 Å². The van der Waals surface area contributed by atoms with E-state index in [0.717, 1.165) is 0 Å². The Kier molecular flexibility index (Phi) is 7.04. The Labute approximate surface area is 208 Å². The van der Waals surface area contributed by atoms with E-state index in [-0.39, 0.29) is 27.7 Å². The summed E-state index contributed by atoms with van der Waals surface area (Å²) in [5.41, 5.74) is 3.19. The zero-order valence-corrected chi connectivity index (χ0v) is 20.3. The van der Waals surface area contributed by atoms with Gasteiger partial charge in [0.2, 0.25) is 0 Å². The van der Waals surface area contributed by atoms with Gasteiger partial charge in [-0.25, -0.2) is 0 Å². The van der Waals surface area contributed by atoms with Crippen molar-refractivity contribution in [2.24, 2.45) is 0 Å². The van der Waals surface area contributed by atoms with Crippen molar-refractivity contribution in [3.05, 3.63) is 119 Å². The van der Waals surface area contributed by atoms with Crippen molar-refractivity contribution < 1.29 is 30.7 Å². The van der Waals surface area contributed by atoms with E-state index in [1.54, 1.807) is 54.6 Å². The zero-order chi connectivity index (χ0) is 25.9. The summed E-state index contributed by atoms with van der Waals surface area (Å²) in [7, 11) is -8.87. The Balaban J connectivity index is 1.76. The maximum atomic E-state index is 12.1. The van der Waals surface area contributed by atoms with Gasteiger partial charge in [0, 0.05) is 17.8 Å². The Morgan fingerprint density at radius 1 is 0.750 bits per heavy atom. The molecule has 0 heterocycles. The van der Waals surface area contributed by atoms with Crippen LogP contribution in [0.2, 0.25) is 0 Å². The van der Waals surface area contributed by atoms with Crippen molar-refractivity contribution in [2.45, 2.75) is 16.3 Å². The summed E-state index contributed by atoms with van der Waals surface area (Å²) < 4.78 is 66.2. The number of ketones is 1. The number of carbonyl (C=O) groups excluding carboxylic acids is 1. The van der Waals surface area contributed by atoms with Crippen LogP contribution in [-0.2, 0) is 31.6 Å². The van der Waals surface area contributed by atoms with Crippen molar-refractivity contribution >= 4 is 37.3 Å². The number of nitrogens with one attached hydrogen (secondary N) is 1. The molecule has 0 aliphatic heterocycles. The lowest BCUT2D eigenvalue weighted by Crippen LogP contribution is -2.06. The highest BCUT2D eigenvalue weighted by atomic mass is 32.2. The Morgan fingerprint density at radius 2 is 1.44 bits per heavy atom. The molecule has 3 N–H and O–H groups in total. The molecule has 8 nitrogen and oxygen atoms in total. The predicted octanol–water partition coefficient (Wildman–Crippen LogP) is 4.29. The lowest BCUT2D eigenvalue weighted by Gasteiger charge is -2.17. The second-order valence-corrected chi connectivity index (χ2v) is 10.7. The van der Waals surface area contributed by atoms with Crippen LogP contribution in [0, 0.1) is 0 Å². The van der Waals surface area contributed by atoms with E-state index < -0.39 is 20.2 Å². The standard InChI is InChI=1S/C26H21NO7S2/c28-22-13-11-19(12-14-22)26(24-9-1-2-10-25(24)36(32,33)34)20-6-4-7-21(16-20)27-17-18-5-3-8-23(15-18)35(29,30)31/h1-16,27H,17H2,(H,29,30,31)(H,32,33,34). The van der Waals surface area contributed by atoms with Gasteiger partial charge in [0.05, 0.1) is 4.90 Å². The van der Waals surface area contributed by atoms with Gasteiger partial charge in [0.1, 0.15) is 4.90 Å². The maximum absolute atomic E-state index is 12.1. The van der Waals surface area contributed by atoms with Gasteiger partial charge in [0.15, 0.2) is 5.78 Å². The fourth-order valence-corrected chi connectivity index (χ4v) is 5.05. The minimum atomic E-state index is -4.54. The molecule has 10 heteroatoms. The molecule has 0 aromatic heterocycles. The van der Waals surface area contributed by atoms with Crippen LogP contribution in [0.1, 0.15) is 16.7 Å². The van der Waals surface area contributed by atoms with Crippen molar-refractivity contribution in [3.63, 3.8) is 0 Å². The van der Waals surface area contributed by atoms with Gasteiger partial charge in [-0.05, 0) is 64.8 Å². The summed E-state index contributed by atoms with van der Waals surface area (Å²) in [6, 6.07) is 19.0. The molecular formula is C26H21NO7S2. The smallest absolute Gasteiger partial charge is 0.295 e. The molecule has 0 bridgehead atoms. The first-order valence-corrected chi connectivity index (χ1v) is 13.5. The first-order valence-electron chi connectivity index (χ1n) is 10.6. The zero-order valence-electron chi connectivity index (χ0n) is 18.7. The number of anilines is 1. The summed E-state index contributed by atoms with van der Waals surface area (Å²) in [5.74, 6) is -0.205. The minimum Gasteiger partial charge on any atom is -0.381 e. The highest BCUT2D eigenvalue weighted by Gasteiger charge is 2.21. The highest BCUT2D eigenvalue weighted by molar-refractivity contribution is 7.86. The largest absolute Gasteiger partial charge is 0.381 e. The molecule has 4 rings (SSSR count). The monoisotopic (exact) mass is 523 g/mol. The van der Waals surface area contributed by atoms with Crippen LogP contribution in [0.4, 0.5) is 5.69 Å². The van der Waals surface area contributed by atoms with Gasteiger partial charge in [-0.3, -0.25) is 13.9 Å². The number of hydrogen-bond acceptors (Lipinski definition) is 6. The number of hydrogen-bond donors (Lipinski definition) is 3. The van der Waals surface area contributed by atoms with Crippen LogP contribution in [0.15, 0.2) is 112 Å². The number of benzene rings is 3. The van der Waals surface area contributed by atoms with Gasteiger partial charge in [-0.1, -0.05) is 54.6 Å². The van der Waals surface area contributed by atoms with E-state index in [2.05, 4.69) is 5.32 Å². The summed E-state index contributed by atoms with van der Waals surface area (Å²) in [6.07, 6.45) is 5.91. The van der Waals surface area contributed by atoms with E-state index in [9.17, 15) is 30.7 Å². The van der Waals surface area contributed by atoms with E-state index in [0.29, 0.717) is 28.0 Å². The first-order chi connectivity index (χ1) is 17.0. The number of carbonyl (C=O) groups is 1. The average molecular weight is 524 g/mol. The Bertz CT molecular complexity index is 1630. The molecule has 0 amide bonds. The van der Waals surface area contributed by atoms with Crippen LogP contribution < -0.4 is 5.32 Å². The molecule has 0 saturated heterocycles. The minimum absolute atomic E-state index is 0.205. The van der Waals surface area contributed by atoms with E-state index in [4.69, 9.17) is 0 Å². The van der Waals surface area contributed by atoms with Crippen LogP contribution in [0.3, 0.4) is 0 Å². The quantitative estimate of drug-likeness (QED) is 0.390. The van der Waals surface area contributed by atoms with Crippen LogP contribution in [-0.4, -0.2) is 31.7 Å². The summed E-state index contributed by atoms with van der Waals surface area (Å²) in [6.45, 7) is 0.245. The highest BCUT2D eigenvalue weighted by Crippen LogP contribution is 2.34. The molecule has 0 saturated carbocycles. The van der Waals surface area contributed by atoms with Gasteiger partial charge in [-0.15, -0.1) is 0 Å². The van der Waals surface area contributed by atoms with Gasteiger partial charge in [-0.2, -0.15) is 16.8 Å². The van der Waals surface area contributed by atoms with Crippen molar-refractivity contribution in [3.8, 4) is 0 Å². The SMILES string of the molecule is O=C1C=CC(=C(c2cccc(NCc3cccc(S(=O)(=O)O)c3)c2)c2ccccc2S(=O)(=O)O)C=C1. The molecule has 0 spiro atoms. The lowest BCUT2D eigenvalue weighted by molar-refractivity contribution is -0.110. The third-order valence-electron chi connectivity index (χ3n) is 5.42. The molecule has 36 heavy (non-hydrogen) atoms. The maximum Gasteiger partial charge on any atom is 0.295 e. The Hall–Kier alpha value is -3.83. The van der Waals surface area contributed by atoms with Crippen molar-refractivity contribution in [1.82, 2.24) is 0 Å². The molecule has 1 aliphatic rings. The predicted molar refractivity (Wildman–Crippen MR) is 136 cm³/mol. The van der Waals surface area contributed by atoms with Gasteiger partial charge < -0.3 is 5.32 Å². The second kappa shape index (κ2) is 10.0. The van der Waals surface area contributed by atoms with Crippen molar-refractivity contribution in [2.75, 3.05) is 5.32 Å². The average Bonchev–Trinajstić information content (AvgIpc) is 2.84. The van der Waals surface area contributed by atoms with Gasteiger partial charge in [0.25, 0.3) is 20.2 Å². The second-order valence-electron chi connectivity index (χ2n) is 7.93. The molecule has 184 valence electrons. The third kappa shape index (κ3) is 5.86. The third-order valence-corrected chi connectivity index (χ3v) is 7.18. The molecule has 3 aromatic carbocycles. The van der Waals surface area contributed by atoms with E-state index in [1.165, 1.54) is 42.5 Å². The fraction of sp³-hybridized carbons (Fsp3) is 0.0385. The normalized spacial score (nSPS) is 13.6. The number of allylic oxidation sites excluding steroid dienone is 5. The van der Waals surface area contributed by atoms with E-state index in [1.807, 2.05) is 0 Å². The number of rotatable bonds is 7. The summed E-state index contributed by atoms with van der Waals surface area (Å²) in [4.78, 5) is 11.2. The summed E-state index contributed by atoms with van der Waals surface area (Å²) >= 11 is 0. The first kappa shape index (κ1) is 25.3. The molecule has 1 aliphatic carbocycles. The molecule has 0 fully saturated rings. The van der Waals surface area contributed by atoms with Crippen LogP contribution >= 0.6 is 0 Å². The lowest BCUT2D eigenvalue weighted by atomic mass is 9.90. The van der Waals surface area contributed by atoms with Crippen LogP contribution in [0.5, 0.6) is 0 Å². The van der Waals surface area contributed by atoms with Crippen molar-refractivity contribution in [1.29, 1.82) is 0 Å². The van der Waals surface area contributed by atoms with Gasteiger partial charge >= 0.3 is 0 Å². The molecule has 0 unspecified atom stereocenters. The fourth-order valence-electron chi connectivity index (χ4n) is 3.80. The van der Waals surface area contributed by atoms with E-state index >= 15 is 0 Å². The summed E-state index contributed by atoms with van der Waals surface area (Å²) in [5, 5.41) is 3.18. The molecule has 0 atom stereocenters. The molecule has 3 aromatic rings. The van der Waals surface area contributed by atoms with Crippen LogP contribution in [0.25, 0.3) is 5.57 Å². The molecular weight excluding hydrogens is 502 g/mol.